The zero-order chi connectivity index (χ0) is 15.3. The zero-order valence-corrected chi connectivity index (χ0v) is 13.8. The molecule has 0 bridgehead atoms. The van der Waals surface area contributed by atoms with Crippen molar-refractivity contribution in [2.24, 2.45) is 0 Å². The van der Waals surface area contributed by atoms with E-state index in [9.17, 15) is 15.2 Å². The molecule has 0 saturated heterocycles. The van der Waals surface area contributed by atoms with E-state index in [1.54, 1.807) is 18.3 Å². The predicted octanol–water partition coefficient (Wildman–Crippen LogP) is -1.89. The molecule has 7 nitrogen and oxygen atoms in total. The summed E-state index contributed by atoms with van der Waals surface area (Å²) in [7, 11) is 0. The molecular formula is C15H15BrN4O3. The van der Waals surface area contributed by atoms with E-state index >= 15 is 0 Å². The molecule has 0 spiro atoms. The molecule has 1 aliphatic heterocycles. The lowest BCUT2D eigenvalue weighted by Gasteiger charge is -2.28. The van der Waals surface area contributed by atoms with Gasteiger partial charge in [-0.05, 0) is 25.0 Å². The van der Waals surface area contributed by atoms with Crippen molar-refractivity contribution in [1.82, 2.24) is 4.98 Å². The molecule has 1 N–H and O–H groups in total. The van der Waals surface area contributed by atoms with Gasteiger partial charge in [0.25, 0.3) is 5.69 Å². The lowest BCUT2D eigenvalue weighted by atomic mass is 10.0. The minimum atomic E-state index is -1.21. The fourth-order valence-corrected chi connectivity index (χ4v) is 3.07. The van der Waals surface area contributed by atoms with E-state index in [2.05, 4.69) is 4.98 Å². The summed E-state index contributed by atoms with van der Waals surface area (Å²) in [6.45, 7) is 0.366. The van der Waals surface area contributed by atoms with Gasteiger partial charge in [0, 0.05) is 23.8 Å². The molecule has 2 heterocycles. The summed E-state index contributed by atoms with van der Waals surface area (Å²) < 4.78 is 1.92. The highest BCUT2D eigenvalue weighted by Gasteiger charge is 2.57. The van der Waals surface area contributed by atoms with Crippen molar-refractivity contribution in [3.63, 3.8) is 0 Å². The number of nitro groups is 1. The molecule has 1 atom stereocenters. The summed E-state index contributed by atoms with van der Waals surface area (Å²) in [5.41, 5.74) is -0.542. The van der Waals surface area contributed by atoms with Gasteiger partial charge >= 0.3 is 5.95 Å². The van der Waals surface area contributed by atoms with Crippen LogP contribution in [0, 0.1) is 10.1 Å². The number of halogens is 1. The molecule has 2 aromatic rings. The largest absolute Gasteiger partial charge is 1.00 e. The molecule has 1 unspecified atom stereocenters. The smallest absolute Gasteiger partial charge is 0.397 e. The molecule has 1 aromatic heterocycles. The van der Waals surface area contributed by atoms with Crippen LogP contribution in [0.1, 0.15) is 18.4 Å². The monoisotopic (exact) mass is 378 g/mol. The number of hydrogen-bond acceptors (Lipinski definition) is 5. The highest BCUT2D eigenvalue weighted by Crippen LogP contribution is 2.42. The molecular weight excluding hydrogens is 364 g/mol. The molecule has 0 amide bonds. The molecule has 1 aliphatic carbocycles. The second-order valence-electron chi connectivity index (χ2n) is 5.77. The Morgan fingerprint density at radius 3 is 2.65 bits per heavy atom. The first-order valence-corrected chi connectivity index (χ1v) is 7.21. The number of aliphatic hydroxyl groups is 1. The van der Waals surface area contributed by atoms with Gasteiger partial charge < -0.3 is 22.1 Å². The predicted molar refractivity (Wildman–Crippen MR) is 76.9 cm³/mol. The molecule has 0 radical (unpaired) electrons. The van der Waals surface area contributed by atoms with Gasteiger partial charge in [0.1, 0.15) is 12.7 Å². The third-order valence-corrected chi connectivity index (χ3v) is 4.26. The average molecular weight is 379 g/mol. The van der Waals surface area contributed by atoms with Crippen molar-refractivity contribution in [3.05, 3.63) is 58.4 Å². The van der Waals surface area contributed by atoms with Gasteiger partial charge in [0.05, 0.1) is 17.2 Å². The van der Waals surface area contributed by atoms with Crippen LogP contribution in [-0.4, -0.2) is 21.1 Å². The molecule has 2 aliphatic rings. The van der Waals surface area contributed by atoms with Gasteiger partial charge in [-0.25, -0.2) is 9.47 Å². The van der Waals surface area contributed by atoms with Crippen molar-refractivity contribution in [1.29, 1.82) is 0 Å². The van der Waals surface area contributed by atoms with Gasteiger partial charge in [0.15, 0.2) is 0 Å². The topological polar surface area (TPSA) is 83.4 Å². The zero-order valence-electron chi connectivity index (χ0n) is 12.2. The Bertz CT molecular complexity index is 751. The lowest BCUT2D eigenvalue weighted by molar-refractivity contribution is -0.685. The Labute approximate surface area is 143 Å². The molecule has 1 saturated carbocycles. The van der Waals surface area contributed by atoms with Crippen LogP contribution in [-0.2, 0) is 12.3 Å². The third kappa shape index (κ3) is 2.47. The Kier molecular flexibility index (Phi) is 3.81. The Morgan fingerprint density at radius 1 is 1.35 bits per heavy atom. The third-order valence-electron chi connectivity index (χ3n) is 4.26. The van der Waals surface area contributed by atoms with Crippen LogP contribution < -0.4 is 26.4 Å². The molecule has 1 fully saturated rings. The normalized spacial score (nSPS) is 22.4. The van der Waals surface area contributed by atoms with Crippen LogP contribution in [0.5, 0.6) is 0 Å². The van der Waals surface area contributed by atoms with E-state index in [-0.39, 0.29) is 28.7 Å². The lowest BCUT2D eigenvalue weighted by Crippen LogP contribution is -3.00. The van der Waals surface area contributed by atoms with Crippen molar-refractivity contribution in [3.8, 4) is 0 Å². The molecule has 4 rings (SSSR count). The van der Waals surface area contributed by atoms with E-state index in [1.807, 2.05) is 21.7 Å². The van der Waals surface area contributed by atoms with Gasteiger partial charge in [-0.1, -0.05) is 4.98 Å². The maximum atomic E-state index is 11.3. The fraction of sp³-hybridized carbons (Fsp3) is 0.333. The van der Waals surface area contributed by atoms with Crippen LogP contribution in [0.25, 0.3) is 0 Å². The van der Waals surface area contributed by atoms with E-state index in [1.165, 1.54) is 12.1 Å². The fourth-order valence-electron chi connectivity index (χ4n) is 3.07. The van der Waals surface area contributed by atoms with E-state index < -0.39 is 10.6 Å². The van der Waals surface area contributed by atoms with Crippen molar-refractivity contribution in [2.45, 2.75) is 31.2 Å². The number of fused-ring (bicyclic) bond motifs is 1. The SMILES string of the molecule is O=[N+]([O-])c1ccc(C2(O)C[n+]3cccnc3N2C2CC2)cc1.[Br-]. The Balaban J connectivity index is 0.00000156. The highest BCUT2D eigenvalue weighted by atomic mass is 79.9. The number of nitrogens with zero attached hydrogens (tertiary/aromatic N) is 4. The van der Waals surface area contributed by atoms with Gasteiger partial charge in [-0.15, -0.1) is 0 Å². The Hall–Kier alpha value is -2.06. The summed E-state index contributed by atoms with van der Waals surface area (Å²) >= 11 is 0. The number of aromatic nitrogens is 2. The standard InChI is InChI=1S/C15H15N4O3.BrH/c20-15(11-2-4-13(5-3-11)19(21)22)10-17-9-1-8-16-14(17)18(15)12-6-7-12;/h1-5,8-9,12,20H,6-7,10H2;1H/q+1;/p-1. The molecule has 1 aromatic carbocycles. The minimum absolute atomic E-state index is 0. The first kappa shape index (κ1) is 15.8. The van der Waals surface area contributed by atoms with E-state index in [0.29, 0.717) is 12.1 Å². The number of rotatable bonds is 3. The first-order valence-electron chi connectivity index (χ1n) is 7.21. The molecule has 120 valence electrons. The number of hydrogen-bond donors (Lipinski definition) is 1. The van der Waals surface area contributed by atoms with Gasteiger partial charge in [-0.2, -0.15) is 0 Å². The van der Waals surface area contributed by atoms with Crippen LogP contribution in [0.4, 0.5) is 11.6 Å². The van der Waals surface area contributed by atoms with Gasteiger partial charge in [0.2, 0.25) is 5.72 Å². The summed E-state index contributed by atoms with van der Waals surface area (Å²) in [6.07, 6.45) is 5.64. The number of nitro benzene ring substituents is 1. The number of benzene rings is 1. The van der Waals surface area contributed by atoms with Crippen molar-refractivity contribution < 1.29 is 31.6 Å². The maximum absolute atomic E-state index is 11.3. The summed E-state index contributed by atoms with van der Waals surface area (Å²) in [5, 5.41) is 22.1. The second-order valence-corrected chi connectivity index (χ2v) is 5.77. The van der Waals surface area contributed by atoms with Crippen LogP contribution in [0.15, 0.2) is 42.7 Å². The quantitative estimate of drug-likeness (QED) is 0.383. The first-order chi connectivity index (χ1) is 10.6. The molecule has 23 heavy (non-hydrogen) atoms. The van der Waals surface area contributed by atoms with E-state index in [4.69, 9.17) is 0 Å². The maximum Gasteiger partial charge on any atom is 0.397 e. The van der Waals surface area contributed by atoms with E-state index in [0.717, 1.165) is 18.8 Å². The average Bonchev–Trinajstić information content (AvgIpc) is 3.29. The van der Waals surface area contributed by atoms with Crippen LogP contribution in [0.3, 0.4) is 0 Å². The van der Waals surface area contributed by atoms with Gasteiger partial charge in [-0.3, -0.25) is 10.1 Å². The number of non-ortho nitro benzene ring substituents is 1. The Morgan fingerprint density at radius 2 is 2.04 bits per heavy atom. The van der Waals surface area contributed by atoms with Crippen LogP contribution in [0.2, 0.25) is 0 Å². The van der Waals surface area contributed by atoms with Crippen molar-refractivity contribution >= 4 is 11.6 Å². The summed E-state index contributed by atoms with van der Waals surface area (Å²) in [5.74, 6) is 0.742. The highest BCUT2D eigenvalue weighted by molar-refractivity contribution is 5.44. The minimum Gasteiger partial charge on any atom is -1.00 e. The second kappa shape index (κ2) is 5.54. The van der Waals surface area contributed by atoms with Crippen molar-refractivity contribution in [2.75, 3.05) is 4.90 Å². The van der Waals surface area contributed by atoms with Crippen LogP contribution >= 0.6 is 0 Å². The summed E-state index contributed by atoms with van der Waals surface area (Å²) in [4.78, 5) is 16.7. The molecule has 8 heteroatoms. The number of anilines is 1. The summed E-state index contributed by atoms with van der Waals surface area (Å²) in [6, 6.07) is 8.21.